The van der Waals surface area contributed by atoms with Gasteiger partial charge in [0.1, 0.15) is 5.82 Å². The number of halogens is 1. The van der Waals surface area contributed by atoms with Gasteiger partial charge in [0.25, 0.3) is 0 Å². The summed E-state index contributed by atoms with van der Waals surface area (Å²) in [6.45, 7) is 3.06. The molecule has 1 aromatic heterocycles. The first kappa shape index (κ1) is 16.0. The van der Waals surface area contributed by atoms with Crippen LogP contribution in [0.15, 0.2) is 47.4 Å². The maximum absolute atomic E-state index is 6.17. The molecular formula is C20H21ClN2S. The minimum Gasteiger partial charge on any atom is -0.323 e. The van der Waals surface area contributed by atoms with E-state index >= 15 is 0 Å². The molecule has 0 bridgehead atoms. The standard InChI is InChI=1S/C20H21ClN2S/c1-2-10-24-17-8-9-18-19(12-17)23(20(22-18)15-6-7-15)13-14-4-3-5-16(21)11-14/h3-5,8-9,11-12,15H,2,6-7,10,13H2,1H3. The molecule has 2 aromatic carbocycles. The maximum atomic E-state index is 6.17. The third kappa shape index (κ3) is 3.33. The second kappa shape index (κ2) is 6.81. The van der Waals surface area contributed by atoms with E-state index in [1.165, 1.54) is 41.1 Å². The zero-order chi connectivity index (χ0) is 16.5. The van der Waals surface area contributed by atoms with Gasteiger partial charge in [-0.25, -0.2) is 4.98 Å². The zero-order valence-electron chi connectivity index (χ0n) is 13.8. The molecular weight excluding hydrogens is 336 g/mol. The number of nitrogens with zero attached hydrogens (tertiary/aromatic N) is 2. The van der Waals surface area contributed by atoms with Crippen molar-refractivity contribution in [1.82, 2.24) is 9.55 Å². The third-order valence-corrected chi connectivity index (χ3v) is 5.83. The molecule has 1 aliphatic carbocycles. The van der Waals surface area contributed by atoms with E-state index in [2.05, 4.69) is 41.8 Å². The lowest BCUT2D eigenvalue weighted by atomic mass is 10.2. The summed E-state index contributed by atoms with van der Waals surface area (Å²) in [4.78, 5) is 6.27. The van der Waals surface area contributed by atoms with Crippen molar-refractivity contribution in [1.29, 1.82) is 0 Å². The highest BCUT2D eigenvalue weighted by Crippen LogP contribution is 2.41. The van der Waals surface area contributed by atoms with Crippen molar-refractivity contribution in [2.45, 2.75) is 43.5 Å². The Morgan fingerprint density at radius 2 is 2.08 bits per heavy atom. The van der Waals surface area contributed by atoms with Crippen molar-refractivity contribution in [3.05, 3.63) is 58.9 Å². The number of thioether (sulfide) groups is 1. The van der Waals surface area contributed by atoms with Gasteiger partial charge in [-0.05, 0) is 60.9 Å². The average molecular weight is 357 g/mol. The molecule has 2 nitrogen and oxygen atoms in total. The Kier molecular flexibility index (Phi) is 4.55. The van der Waals surface area contributed by atoms with Crippen LogP contribution in [0.3, 0.4) is 0 Å². The lowest BCUT2D eigenvalue weighted by Gasteiger charge is -2.10. The molecule has 0 amide bonds. The fourth-order valence-corrected chi connectivity index (χ4v) is 4.08. The normalized spacial score (nSPS) is 14.4. The number of hydrogen-bond acceptors (Lipinski definition) is 2. The molecule has 0 radical (unpaired) electrons. The predicted octanol–water partition coefficient (Wildman–Crippen LogP) is 6.12. The van der Waals surface area contributed by atoms with E-state index in [4.69, 9.17) is 16.6 Å². The minimum absolute atomic E-state index is 0.628. The smallest absolute Gasteiger partial charge is 0.113 e. The molecule has 1 fully saturated rings. The molecule has 0 spiro atoms. The number of benzene rings is 2. The van der Waals surface area contributed by atoms with Crippen LogP contribution in [0.25, 0.3) is 11.0 Å². The lowest BCUT2D eigenvalue weighted by Crippen LogP contribution is -2.04. The molecule has 4 rings (SSSR count). The van der Waals surface area contributed by atoms with Gasteiger partial charge in [-0.15, -0.1) is 11.8 Å². The molecule has 124 valence electrons. The summed E-state index contributed by atoms with van der Waals surface area (Å²) in [5, 5.41) is 0.795. The molecule has 0 unspecified atom stereocenters. The van der Waals surface area contributed by atoms with E-state index < -0.39 is 0 Å². The molecule has 3 aromatic rings. The first-order valence-electron chi connectivity index (χ1n) is 8.62. The van der Waals surface area contributed by atoms with E-state index in [0.717, 1.165) is 22.8 Å². The van der Waals surface area contributed by atoms with Crippen molar-refractivity contribution < 1.29 is 0 Å². The van der Waals surface area contributed by atoms with E-state index in [9.17, 15) is 0 Å². The van der Waals surface area contributed by atoms with Crippen molar-refractivity contribution in [3.63, 3.8) is 0 Å². The van der Waals surface area contributed by atoms with Gasteiger partial charge in [0.05, 0.1) is 11.0 Å². The summed E-state index contributed by atoms with van der Waals surface area (Å²) in [7, 11) is 0. The van der Waals surface area contributed by atoms with Crippen molar-refractivity contribution in [2.75, 3.05) is 5.75 Å². The molecule has 1 aliphatic rings. The van der Waals surface area contributed by atoms with Gasteiger partial charge in [0.15, 0.2) is 0 Å². The fourth-order valence-electron chi connectivity index (χ4n) is 3.07. The summed E-state index contributed by atoms with van der Waals surface area (Å²) in [5.74, 6) is 3.02. The van der Waals surface area contributed by atoms with Crippen LogP contribution >= 0.6 is 23.4 Å². The van der Waals surface area contributed by atoms with Crippen LogP contribution in [0.2, 0.25) is 5.02 Å². The highest BCUT2D eigenvalue weighted by atomic mass is 35.5. The zero-order valence-corrected chi connectivity index (χ0v) is 15.4. The van der Waals surface area contributed by atoms with Crippen LogP contribution in [0.4, 0.5) is 0 Å². The number of aromatic nitrogens is 2. The van der Waals surface area contributed by atoms with E-state index in [-0.39, 0.29) is 0 Å². The van der Waals surface area contributed by atoms with Gasteiger partial charge in [0, 0.05) is 22.4 Å². The van der Waals surface area contributed by atoms with Gasteiger partial charge < -0.3 is 4.57 Å². The maximum Gasteiger partial charge on any atom is 0.113 e. The highest BCUT2D eigenvalue weighted by Gasteiger charge is 2.29. The summed E-state index contributed by atoms with van der Waals surface area (Å²) >= 11 is 8.10. The van der Waals surface area contributed by atoms with E-state index in [0.29, 0.717) is 5.92 Å². The Morgan fingerprint density at radius 1 is 1.21 bits per heavy atom. The number of hydrogen-bond donors (Lipinski definition) is 0. The fraction of sp³-hybridized carbons (Fsp3) is 0.350. The van der Waals surface area contributed by atoms with Crippen LogP contribution in [-0.4, -0.2) is 15.3 Å². The largest absolute Gasteiger partial charge is 0.323 e. The molecule has 1 saturated carbocycles. The molecule has 0 atom stereocenters. The Labute approximate surface area is 152 Å². The number of imidazole rings is 1. The van der Waals surface area contributed by atoms with Gasteiger partial charge in [-0.2, -0.15) is 0 Å². The summed E-state index contributed by atoms with van der Waals surface area (Å²) < 4.78 is 2.40. The van der Waals surface area contributed by atoms with Gasteiger partial charge in [-0.3, -0.25) is 0 Å². The first-order valence-corrected chi connectivity index (χ1v) is 9.98. The first-order chi connectivity index (χ1) is 11.7. The Balaban J connectivity index is 1.76. The Hall–Kier alpha value is -1.45. The second-order valence-electron chi connectivity index (χ2n) is 6.46. The van der Waals surface area contributed by atoms with Crippen LogP contribution in [-0.2, 0) is 6.54 Å². The monoisotopic (exact) mass is 356 g/mol. The van der Waals surface area contributed by atoms with Crippen LogP contribution < -0.4 is 0 Å². The molecule has 1 heterocycles. The SMILES string of the molecule is CCCSc1ccc2nc(C3CC3)n(Cc3cccc(Cl)c3)c2c1. The Morgan fingerprint density at radius 3 is 2.83 bits per heavy atom. The van der Waals surface area contributed by atoms with E-state index in [1.54, 1.807) is 0 Å². The predicted molar refractivity (Wildman–Crippen MR) is 103 cm³/mol. The molecule has 0 N–H and O–H groups in total. The van der Waals surface area contributed by atoms with Crippen LogP contribution in [0, 0.1) is 0 Å². The Bertz CT molecular complexity index is 867. The molecule has 0 saturated heterocycles. The van der Waals surface area contributed by atoms with Crippen molar-refractivity contribution in [3.8, 4) is 0 Å². The lowest BCUT2D eigenvalue weighted by molar-refractivity contribution is 0.746. The van der Waals surface area contributed by atoms with Gasteiger partial charge in [0.2, 0.25) is 0 Å². The highest BCUT2D eigenvalue weighted by molar-refractivity contribution is 7.99. The van der Waals surface area contributed by atoms with Crippen LogP contribution in [0.1, 0.15) is 43.5 Å². The van der Waals surface area contributed by atoms with Gasteiger partial charge in [-0.1, -0.05) is 30.7 Å². The summed E-state index contributed by atoms with van der Waals surface area (Å²) in [6.07, 6.45) is 3.71. The average Bonchev–Trinajstić information content (AvgIpc) is 3.37. The summed E-state index contributed by atoms with van der Waals surface area (Å²) in [6, 6.07) is 14.8. The minimum atomic E-state index is 0.628. The molecule has 4 heteroatoms. The topological polar surface area (TPSA) is 17.8 Å². The second-order valence-corrected chi connectivity index (χ2v) is 8.06. The summed E-state index contributed by atoms with van der Waals surface area (Å²) in [5.41, 5.74) is 3.59. The number of fused-ring (bicyclic) bond motifs is 1. The molecule has 24 heavy (non-hydrogen) atoms. The van der Waals surface area contributed by atoms with Crippen molar-refractivity contribution >= 4 is 34.4 Å². The van der Waals surface area contributed by atoms with Gasteiger partial charge >= 0.3 is 0 Å². The van der Waals surface area contributed by atoms with E-state index in [1.807, 2.05) is 23.9 Å². The van der Waals surface area contributed by atoms with Crippen molar-refractivity contribution in [2.24, 2.45) is 0 Å². The number of rotatable bonds is 6. The third-order valence-electron chi connectivity index (χ3n) is 4.39. The van der Waals surface area contributed by atoms with Crippen LogP contribution in [0.5, 0.6) is 0 Å². The molecule has 0 aliphatic heterocycles. The quantitative estimate of drug-likeness (QED) is 0.495.